The standard InChI is InChI=1S/C67H64N2O4S2.C65H60N2O3S2/c1-2-3-4-5-6-18-42-70-61-47-58(64-39-41-66(75-64)69(54-32-11-8-12-33-54)60-37-22-28-51-26-14-16-35-56(51)60)62(71-43-19-17-23-49-24-20-29-52(46-49)67-72-44-45-73-67)48-57(61)63-38-40-65(74-63)68(53-30-9-7-10-31-53)59-36-21-27-50-25-13-15-34-55(50)59;1-2-3-4-5-6-18-42-69-60-45-57(63-39-41-65(72-63)67(53-32-11-8-12-33-53)59-37-22-29-51-27-14-16-35-55(51)59)61(70-43-19-17-23-48-24-20-25-49(44-48)47-68)46-56(60)62-38-40-64(71-62)66(52-30-9-7-10-31-52)58-36-21-28-50-26-13-15-34-54(50)58/h7-16,20-22,24-41,46-48,67H,2-6,17-19,23,42-45H2,1H3;7-16,20-22,24-41,44-47H,2-6,17-19,23,42-43H2,1H3. The van der Waals surface area contributed by atoms with Crippen LogP contribution in [0.2, 0.25) is 0 Å². The predicted octanol–water partition coefficient (Wildman–Crippen LogP) is 38.9. The zero-order valence-electron chi connectivity index (χ0n) is 83.7. The van der Waals surface area contributed by atoms with Gasteiger partial charge in [0.05, 0.1) is 62.4 Å². The fourth-order valence-corrected chi connectivity index (χ4v) is 24.1. The summed E-state index contributed by atoms with van der Waals surface area (Å²) in [6.45, 7) is 8.19. The fourth-order valence-electron chi connectivity index (χ4n) is 19.8. The molecule has 0 radical (unpaired) electrons. The van der Waals surface area contributed by atoms with Crippen LogP contribution in [0.4, 0.5) is 65.5 Å². The number of carbonyl (C=O) groups is 1. The molecule has 0 spiro atoms. The number of thiophene rings is 4. The summed E-state index contributed by atoms with van der Waals surface area (Å²) in [6.07, 6.45) is 20.4. The number of hydrogen-bond donors (Lipinski definition) is 0. The Labute approximate surface area is 881 Å². The first-order chi connectivity index (χ1) is 72.8. The first-order valence-electron chi connectivity index (χ1n) is 52.3. The predicted molar refractivity (Wildman–Crippen MR) is 622 cm³/mol. The number of para-hydroxylation sites is 4. The highest BCUT2D eigenvalue weighted by Gasteiger charge is 2.29. The summed E-state index contributed by atoms with van der Waals surface area (Å²) >= 11 is 7.09. The molecule has 1 aliphatic heterocycles. The smallest absolute Gasteiger partial charge is 0.184 e. The van der Waals surface area contributed by atoms with Crippen LogP contribution in [0.15, 0.2) is 413 Å². The van der Waals surface area contributed by atoms with E-state index in [0.29, 0.717) is 45.2 Å². The number of benzene rings is 16. The summed E-state index contributed by atoms with van der Waals surface area (Å²) in [6, 6.07) is 147. The van der Waals surface area contributed by atoms with Gasteiger partial charge in [-0.3, -0.25) is 4.79 Å². The number of rotatable bonds is 46. The molecule has 0 aliphatic carbocycles. The molecule has 1 aliphatic rings. The Bertz CT molecular complexity index is 7680. The van der Waals surface area contributed by atoms with Gasteiger partial charge in [-0.05, 0) is 236 Å². The van der Waals surface area contributed by atoms with Crippen LogP contribution in [-0.4, -0.2) is 45.9 Å². The first kappa shape index (κ1) is 99.7. The van der Waals surface area contributed by atoms with Crippen LogP contribution in [0.25, 0.3) is 84.9 Å². The Hall–Kier alpha value is -14.7. The number of nitrogens with zero attached hydrogens (tertiary/aromatic N) is 4. The molecule has 0 saturated carbocycles. The van der Waals surface area contributed by atoms with Gasteiger partial charge in [-0.15, -0.1) is 45.3 Å². The molecule has 4 aromatic heterocycles. The normalized spacial score (nSPS) is 12.0. The van der Waals surface area contributed by atoms with Crippen molar-refractivity contribution in [2.24, 2.45) is 0 Å². The maximum absolute atomic E-state index is 11.5. The summed E-state index contributed by atoms with van der Waals surface area (Å²) in [7, 11) is 0. The summed E-state index contributed by atoms with van der Waals surface area (Å²) < 4.78 is 39.7. The van der Waals surface area contributed by atoms with Crippen molar-refractivity contribution in [1.29, 1.82) is 0 Å². The molecule has 21 rings (SSSR count). The molecule has 0 N–H and O–H groups in total. The molecule has 0 atom stereocenters. The van der Waals surface area contributed by atoms with Crippen molar-refractivity contribution in [2.45, 2.75) is 136 Å². The van der Waals surface area contributed by atoms with Crippen molar-refractivity contribution >= 4 is 160 Å². The van der Waals surface area contributed by atoms with Crippen molar-refractivity contribution in [2.75, 3.05) is 59.2 Å². The van der Waals surface area contributed by atoms with E-state index in [9.17, 15) is 4.79 Å². The van der Waals surface area contributed by atoms with Crippen LogP contribution >= 0.6 is 45.3 Å². The van der Waals surface area contributed by atoms with E-state index >= 15 is 0 Å². The van der Waals surface area contributed by atoms with Crippen molar-refractivity contribution in [3.8, 4) is 64.8 Å². The van der Waals surface area contributed by atoms with Gasteiger partial charge in [0.2, 0.25) is 0 Å². The second-order valence-electron chi connectivity index (χ2n) is 37.4. The lowest BCUT2D eigenvalue weighted by atomic mass is 10.0. The Morgan fingerprint density at radius 2 is 0.537 bits per heavy atom. The first-order valence-corrected chi connectivity index (χ1v) is 55.6. The zero-order valence-corrected chi connectivity index (χ0v) is 86.9. The molecule has 15 heteroatoms. The molecule has 738 valence electrons. The highest BCUT2D eigenvalue weighted by Crippen LogP contribution is 2.55. The minimum Gasteiger partial charge on any atom is -0.493 e. The number of aryl methyl sites for hydroxylation is 2. The molecule has 1 saturated heterocycles. The number of ether oxygens (including phenoxy) is 6. The number of anilines is 12. The van der Waals surface area contributed by atoms with E-state index in [-0.39, 0.29) is 6.29 Å². The number of hydrogen-bond acceptors (Lipinski definition) is 15. The quantitative estimate of drug-likeness (QED) is 0.0270. The highest BCUT2D eigenvalue weighted by atomic mass is 32.1. The van der Waals surface area contributed by atoms with Crippen molar-refractivity contribution in [3.63, 3.8) is 0 Å². The van der Waals surface area contributed by atoms with Gasteiger partial charge in [-0.25, -0.2) is 0 Å². The summed E-state index contributed by atoms with van der Waals surface area (Å²) in [4.78, 5) is 25.5. The van der Waals surface area contributed by atoms with Crippen LogP contribution in [0, 0.1) is 0 Å². The second-order valence-corrected chi connectivity index (χ2v) is 41.7. The number of fused-ring (bicyclic) bond motifs is 4. The van der Waals surface area contributed by atoms with Gasteiger partial charge in [0.25, 0.3) is 0 Å². The third-order valence-corrected chi connectivity index (χ3v) is 31.7. The van der Waals surface area contributed by atoms with Crippen molar-refractivity contribution in [3.05, 3.63) is 435 Å². The molecule has 11 nitrogen and oxygen atoms in total. The van der Waals surface area contributed by atoms with Gasteiger partial charge in [-0.2, -0.15) is 0 Å². The monoisotopic (exact) mass is 2000 g/mol. The van der Waals surface area contributed by atoms with E-state index < -0.39 is 0 Å². The molecule has 147 heavy (non-hydrogen) atoms. The zero-order chi connectivity index (χ0) is 99.5. The Morgan fingerprint density at radius 1 is 0.265 bits per heavy atom. The molecule has 0 amide bonds. The largest absolute Gasteiger partial charge is 0.493 e. The molecule has 20 aromatic rings. The van der Waals surface area contributed by atoms with Gasteiger partial charge in [0.15, 0.2) is 6.29 Å². The van der Waals surface area contributed by atoms with Gasteiger partial charge >= 0.3 is 0 Å². The van der Waals surface area contributed by atoms with E-state index in [0.717, 1.165) is 212 Å². The number of aldehydes is 1. The number of carbonyl (C=O) groups excluding carboxylic acids is 1. The van der Waals surface area contributed by atoms with Crippen LogP contribution in [-0.2, 0) is 22.3 Å². The summed E-state index contributed by atoms with van der Waals surface area (Å²) in [5.41, 5.74) is 17.3. The fraction of sp³-hybridized carbons (Fsp3) is 0.205. The molecule has 0 unspecified atom stereocenters. The summed E-state index contributed by atoms with van der Waals surface area (Å²) in [5.74, 6) is 3.40. The third-order valence-electron chi connectivity index (χ3n) is 27.2. The van der Waals surface area contributed by atoms with E-state index in [1.807, 2.05) is 18.2 Å². The van der Waals surface area contributed by atoms with Crippen molar-refractivity contribution < 1.29 is 33.2 Å². The average molecular weight is 2010 g/mol. The molecule has 1 fully saturated rings. The third kappa shape index (κ3) is 24.4. The average Bonchev–Trinajstić information content (AvgIpc) is 1.67. The maximum atomic E-state index is 11.5. The lowest BCUT2D eigenvalue weighted by molar-refractivity contribution is -0.0441. The van der Waals surface area contributed by atoms with E-state index in [1.54, 1.807) is 45.3 Å². The van der Waals surface area contributed by atoms with E-state index in [2.05, 4.69) is 428 Å². The van der Waals surface area contributed by atoms with Crippen molar-refractivity contribution in [1.82, 2.24) is 0 Å². The molecule has 16 aromatic carbocycles. The Kier molecular flexibility index (Phi) is 33.9. The number of unbranched alkanes of at least 4 members (excludes halogenated alkanes) is 12. The minimum absolute atomic E-state index is 0.276. The highest BCUT2D eigenvalue weighted by molar-refractivity contribution is 7.21. The van der Waals surface area contributed by atoms with Gasteiger partial charge in [0, 0.05) is 97.2 Å². The van der Waals surface area contributed by atoms with Crippen LogP contribution in [0.3, 0.4) is 0 Å². The van der Waals surface area contributed by atoms with Crippen LogP contribution in [0.5, 0.6) is 23.0 Å². The van der Waals surface area contributed by atoms with E-state index in [1.165, 1.54) is 100 Å². The molecule has 0 bridgehead atoms. The second kappa shape index (κ2) is 50.0. The molecule has 5 heterocycles. The van der Waals surface area contributed by atoms with E-state index in [4.69, 9.17) is 28.4 Å². The lowest BCUT2D eigenvalue weighted by Gasteiger charge is -2.25. The van der Waals surface area contributed by atoms with Crippen LogP contribution in [0.1, 0.15) is 150 Å². The Morgan fingerprint density at radius 3 is 0.857 bits per heavy atom. The van der Waals surface area contributed by atoms with Gasteiger partial charge in [0.1, 0.15) is 49.3 Å². The molecular formula is C132H124N4O7S4. The Balaban J connectivity index is 0.000000179. The maximum Gasteiger partial charge on any atom is 0.184 e. The lowest BCUT2D eigenvalue weighted by Crippen LogP contribution is -2.08. The summed E-state index contributed by atoms with van der Waals surface area (Å²) in [5, 5.41) is 14.0. The SMILES string of the molecule is CCCCCCCCOc1cc(-c2ccc(N(c3ccccc3)c3cccc4ccccc34)s2)c(OCCCCc2cccc(C3OCCO3)c2)cc1-c1ccc(N(c2ccccc2)c2cccc3ccccc23)s1.CCCCCCCCOc1cc(-c2ccc(N(c3ccccc3)c3cccc4ccccc34)s2)c(OCCCCc2cccc(C=O)c2)cc1-c1ccc(N(c2ccccc2)c2cccc3ccccc23)s1. The topological polar surface area (TPSA) is 85.4 Å². The minimum atomic E-state index is -0.276. The van der Waals surface area contributed by atoms with Gasteiger partial charge in [-0.1, -0.05) is 339 Å². The van der Waals surface area contributed by atoms with Gasteiger partial charge < -0.3 is 48.0 Å². The van der Waals surface area contributed by atoms with Crippen LogP contribution < -0.4 is 38.5 Å². The molecular weight excluding hydrogens is 1880 g/mol.